The normalized spacial score (nSPS) is 10.4. The first-order chi connectivity index (χ1) is 13.3. The highest BCUT2D eigenvalue weighted by Crippen LogP contribution is 2.26. The molecule has 0 unspecified atom stereocenters. The number of hydrogen-bond acceptors (Lipinski definition) is 6. The quantitative estimate of drug-likeness (QED) is 0.542. The van der Waals surface area contributed by atoms with Crippen LogP contribution in [0.2, 0.25) is 0 Å². The van der Waals surface area contributed by atoms with Gasteiger partial charge in [0, 0.05) is 29.7 Å². The molecule has 0 radical (unpaired) electrons. The van der Waals surface area contributed by atoms with Gasteiger partial charge in [-0.15, -0.1) is 0 Å². The van der Waals surface area contributed by atoms with Crippen molar-refractivity contribution in [3.63, 3.8) is 0 Å². The maximum Gasteiger partial charge on any atom is 0.322 e. The zero-order valence-corrected chi connectivity index (χ0v) is 14.4. The topological polar surface area (TPSA) is 86.0 Å². The standard InChI is InChI=1S/C21H17N5O/c22-18-10-5-12-23-20(18)25-16-8-4-9-17(14-16)27-21-24-13-11-19(26-21)15-6-2-1-3-7-15/h1-14H,22H2,(H,23,25). The Labute approximate surface area is 156 Å². The summed E-state index contributed by atoms with van der Waals surface area (Å²) in [6.07, 6.45) is 3.36. The Morgan fingerprint density at radius 2 is 1.70 bits per heavy atom. The number of nitrogens with one attached hydrogen (secondary N) is 1. The predicted octanol–water partition coefficient (Wildman–Crippen LogP) is 4.66. The van der Waals surface area contributed by atoms with E-state index in [9.17, 15) is 0 Å². The molecule has 3 N–H and O–H groups in total. The maximum atomic E-state index is 5.93. The van der Waals surface area contributed by atoms with E-state index in [0.717, 1.165) is 16.9 Å². The minimum absolute atomic E-state index is 0.283. The van der Waals surface area contributed by atoms with Crippen LogP contribution in [0.1, 0.15) is 0 Å². The first-order valence-corrected chi connectivity index (χ1v) is 8.42. The molecule has 2 aromatic heterocycles. The average Bonchev–Trinajstić information content (AvgIpc) is 2.71. The fourth-order valence-electron chi connectivity index (χ4n) is 2.56. The average molecular weight is 355 g/mol. The lowest BCUT2D eigenvalue weighted by molar-refractivity contribution is 0.443. The van der Waals surface area contributed by atoms with Gasteiger partial charge in [-0.3, -0.25) is 0 Å². The van der Waals surface area contributed by atoms with Crippen molar-refractivity contribution in [3.8, 4) is 23.0 Å². The molecule has 6 heteroatoms. The third-order valence-corrected chi connectivity index (χ3v) is 3.85. The molecule has 0 spiro atoms. The van der Waals surface area contributed by atoms with Gasteiger partial charge in [0.15, 0.2) is 5.82 Å². The van der Waals surface area contributed by atoms with Crippen LogP contribution >= 0.6 is 0 Å². The number of aromatic nitrogens is 3. The van der Waals surface area contributed by atoms with Crippen LogP contribution in [0.5, 0.6) is 11.8 Å². The van der Waals surface area contributed by atoms with E-state index >= 15 is 0 Å². The largest absolute Gasteiger partial charge is 0.424 e. The molecule has 0 amide bonds. The molecule has 2 aromatic carbocycles. The summed E-state index contributed by atoms with van der Waals surface area (Å²) in [4.78, 5) is 12.9. The zero-order valence-electron chi connectivity index (χ0n) is 14.4. The summed E-state index contributed by atoms with van der Waals surface area (Å²) in [5.41, 5.74) is 9.11. The molecule has 27 heavy (non-hydrogen) atoms. The maximum absolute atomic E-state index is 5.93. The van der Waals surface area contributed by atoms with Gasteiger partial charge in [-0.2, -0.15) is 4.98 Å². The summed E-state index contributed by atoms with van der Waals surface area (Å²) in [6.45, 7) is 0. The molecule has 0 saturated heterocycles. The van der Waals surface area contributed by atoms with E-state index in [2.05, 4.69) is 20.3 Å². The number of anilines is 3. The van der Waals surface area contributed by atoms with Crippen molar-refractivity contribution in [2.75, 3.05) is 11.1 Å². The van der Waals surface area contributed by atoms with Gasteiger partial charge in [0.05, 0.1) is 11.4 Å². The van der Waals surface area contributed by atoms with Crippen molar-refractivity contribution in [2.45, 2.75) is 0 Å². The molecule has 0 bridgehead atoms. The second kappa shape index (κ2) is 7.53. The third-order valence-electron chi connectivity index (χ3n) is 3.85. The molecular formula is C21H17N5O. The van der Waals surface area contributed by atoms with Crippen molar-refractivity contribution in [1.82, 2.24) is 15.0 Å². The molecule has 0 aliphatic heterocycles. The summed E-state index contributed by atoms with van der Waals surface area (Å²) in [7, 11) is 0. The number of nitrogens with two attached hydrogens (primary N) is 1. The summed E-state index contributed by atoms with van der Waals surface area (Å²) >= 11 is 0. The Hall–Kier alpha value is -3.93. The minimum atomic E-state index is 0.283. The zero-order chi connectivity index (χ0) is 18.5. The monoisotopic (exact) mass is 355 g/mol. The van der Waals surface area contributed by atoms with Crippen molar-refractivity contribution < 1.29 is 4.74 Å². The van der Waals surface area contributed by atoms with E-state index in [0.29, 0.717) is 17.3 Å². The van der Waals surface area contributed by atoms with E-state index in [4.69, 9.17) is 10.5 Å². The van der Waals surface area contributed by atoms with Crippen molar-refractivity contribution in [2.24, 2.45) is 0 Å². The van der Waals surface area contributed by atoms with Crippen LogP contribution in [-0.4, -0.2) is 15.0 Å². The van der Waals surface area contributed by atoms with Gasteiger partial charge in [0.25, 0.3) is 0 Å². The van der Waals surface area contributed by atoms with Crippen LogP contribution in [0.15, 0.2) is 85.2 Å². The summed E-state index contributed by atoms with van der Waals surface area (Å²) < 4.78 is 5.84. The van der Waals surface area contributed by atoms with Crippen LogP contribution in [0, 0.1) is 0 Å². The summed E-state index contributed by atoms with van der Waals surface area (Å²) in [5, 5.41) is 3.18. The molecule has 0 atom stereocenters. The SMILES string of the molecule is Nc1cccnc1Nc1cccc(Oc2nccc(-c3ccccc3)n2)c1. The number of rotatable bonds is 5. The first kappa shape index (κ1) is 16.5. The van der Waals surface area contributed by atoms with Gasteiger partial charge >= 0.3 is 6.01 Å². The third kappa shape index (κ3) is 4.01. The number of benzene rings is 2. The number of pyridine rings is 1. The van der Waals surface area contributed by atoms with E-state index in [1.807, 2.05) is 60.7 Å². The van der Waals surface area contributed by atoms with Crippen LogP contribution in [0.3, 0.4) is 0 Å². The van der Waals surface area contributed by atoms with Crippen LogP contribution in [0.25, 0.3) is 11.3 Å². The highest BCUT2D eigenvalue weighted by Gasteiger charge is 2.06. The predicted molar refractivity (Wildman–Crippen MR) is 106 cm³/mol. The van der Waals surface area contributed by atoms with E-state index in [1.165, 1.54) is 0 Å². The second-order valence-corrected chi connectivity index (χ2v) is 5.79. The first-order valence-electron chi connectivity index (χ1n) is 8.42. The van der Waals surface area contributed by atoms with Gasteiger partial charge in [0.1, 0.15) is 5.75 Å². The molecular weight excluding hydrogens is 338 g/mol. The molecule has 0 saturated carbocycles. The fourth-order valence-corrected chi connectivity index (χ4v) is 2.56. The van der Waals surface area contributed by atoms with Crippen molar-refractivity contribution in [3.05, 3.63) is 85.2 Å². The molecule has 4 rings (SSSR count). The fraction of sp³-hybridized carbons (Fsp3) is 0. The van der Waals surface area contributed by atoms with Gasteiger partial charge in [-0.1, -0.05) is 36.4 Å². The van der Waals surface area contributed by atoms with E-state index in [1.54, 1.807) is 24.5 Å². The molecule has 2 heterocycles. The lowest BCUT2D eigenvalue weighted by atomic mass is 10.1. The lowest BCUT2D eigenvalue weighted by Gasteiger charge is -2.10. The summed E-state index contributed by atoms with van der Waals surface area (Å²) in [6, 6.07) is 23.1. The Kier molecular flexibility index (Phi) is 4.61. The Bertz CT molecular complexity index is 1050. The number of hydrogen-bond donors (Lipinski definition) is 2. The van der Waals surface area contributed by atoms with Gasteiger partial charge in [-0.05, 0) is 30.3 Å². The van der Waals surface area contributed by atoms with Crippen LogP contribution in [-0.2, 0) is 0 Å². The lowest BCUT2D eigenvalue weighted by Crippen LogP contribution is -1.99. The van der Waals surface area contributed by atoms with Crippen LogP contribution in [0.4, 0.5) is 17.2 Å². The van der Waals surface area contributed by atoms with E-state index in [-0.39, 0.29) is 6.01 Å². The van der Waals surface area contributed by atoms with Gasteiger partial charge < -0.3 is 15.8 Å². The molecule has 0 fully saturated rings. The Balaban J connectivity index is 1.54. The Morgan fingerprint density at radius 3 is 2.56 bits per heavy atom. The Morgan fingerprint density at radius 1 is 0.815 bits per heavy atom. The molecule has 4 aromatic rings. The number of nitrogens with zero attached hydrogens (tertiary/aromatic N) is 3. The number of nitrogen functional groups attached to an aromatic ring is 1. The van der Waals surface area contributed by atoms with Gasteiger partial charge in [-0.25, -0.2) is 9.97 Å². The number of ether oxygens (including phenoxy) is 1. The molecule has 0 aliphatic rings. The highest BCUT2D eigenvalue weighted by atomic mass is 16.5. The van der Waals surface area contributed by atoms with Gasteiger partial charge in [0.2, 0.25) is 0 Å². The highest BCUT2D eigenvalue weighted by molar-refractivity contribution is 5.69. The van der Waals surface area contributed by atoms with Crippen molar-refractivity contribution >= 4 is 17.2 Å². The van der Waals surface area contributed by atoms with E-state index < -0.39 is 0 Å². The molecule has 6 nitrogen and oxygen atoms in total. The molecule has 0 aliphatic carbocycles. The minimum Gasteiger partial charge on any atom is -0.424 e. The van der Waals surface area contributed by atoms with Crippen molar-refractivity contribution in [1.29, 1.82) is 0 Å². The smallest absolute Gasteiger partial charge is 0.322 e. The second-order valence-electron chi connectivity index (χ2n) is 5.79. The summed E-state index contributed by atoms with van der Waals surface area (Å²) in [5.74, 6) is 1.21. The molecule has 132 valence electrons. The van der Waals surface area contributed by atoms with Crippen LogP contribution < -0.4 is 15.8 Å².